The first-order chi connectivity index (χ1) is 11.3. The molecular weight excluding hydrogens is 363 g/mol. The minimum Gasteiger partial charge on any atom is -0.406 e. The highest BCUT2D eigenvalue weighted by Gasteiger charge is 2.37. The molecule has 1 aromatic carbocycles. The van der Waals surface area contributed by atoms with Gasteiger partial charge in [0.2, 0.25) is 10.0 Å². The third-order valence-corrected chi connectivity index (χ3v) is 6.60. The lowest BCUT2D eigenvalue weighted by molar-refractivity contribution is -0.274. The molecule has 0 radical (unpaired) electrons. The molecule has 2 aromatic rings. The lowest BCUT2D eigenvalue weighted by Crippen LogP contribution is -2.30. The topological polar surface area (TPSA) is 46.6 Å². The van der Waals surface area contributed by atoms with Crippen LogP contribution in [0.4, 0.5) is 13.2 Å². The highest BCUT2D eigenvalue weighted by Crippen LogP contribution is 2.39. The van der Waals surface area contributed by atoms with Gasteiger partial charge in [0.1, 0.15) is 5.75 Å². The first kappa shape index (κ1) is 17.2. The minimum absolute atomic E-state index is 0.201. The van der Waals surface area contributed by atoms with Crippen molar-refractivity contribution in [1.82, 2.24) is 4.31 Å². The van der Waals surface area contributed by atoms with Gasteiger partial charge in [-0.2, -0.15) is 4.31 Å². The predicted octanol–water partition coefficient (Wildman–Crippen LogP) is 4.17. The van der Waals surface area contributed by atoms with Crippen molar-refractivity contribution in [2.24, 2.45) is 0 Å². The maximum atomic E-state index is 12.9. The summed E-state index contributed by atoms with van der Waals surface area (Å²) in [5.41, 5.74) is 0. The summed E-state index contributed by atoms with van der Waals surface area (Å²) in [6.45, 7) is 0.343. The Labute approximate surface area is 141 Å². The molecule has 1 fully saturated rings. The maximum Gasteiger partial charge on any atom is 0.573 e. The molecule has 0 unspecified atom stereocenters. The van der Waals surface area contributed by atoms with Gasteiger partial charge in [0.05, 0.1) is 10.9 Å². The number of thiophene rings is 1. The largest absolute Gasteiger partial charge is 0.573 e. The van der Waals surface area contributed by atoms with Gasteiger partial charge < -0.3 is 4.74 Å². The Hall–Kier alpha value is -1.58. The van der Waals surface area contributed by atoms with E-state index < -0.39 is 22.1 Å². The van der Waals surface area contributed by atoms with E-state index >= 15 is 0 Å². The third-order valence-electron chi connectivity index (χ3n) is 3.72. The summed E-state index contributed by atoms with van der Waals surface area (Å²) >= 11 is 1.47. The highest BCUT2D eigenvalue weighted by atomic mass is 32.2. The zero-order chi connectivity index (χ0) is 17.4. The number of benzene rings is 1. The van der Waals surface area contributed by atoms with Crippen molar-refractivity contribution in [2.75, 3.05) is 6.54 Å². The molecule has 3 rings (SSSR count). The second-order valence-corrected chi connectivity index (χ2v) is 8.18. The fraction of sp³-hybridized carbons (Fsp3) is 0.333. The lowest BCUT2D eigenvalue weighted by Gasteiger charge is -2.23. The number of nitrogens with zero attached hydrogens (tertiary/aromatic N) is 1. The lowest BCUT2D eigenvalue weighted by atomic mass is 10.2. The van der Waals surface area contributed by atoms with E-state index in [-0.39, 0.29) is 10.9 Å². The van der Waals surface area contributed by atoms with Crippen LogP contribution in [0.3, 0.4) is 0 Å². The Kier molecular flexibility index (Phi) is 4.58. The minimum atomic E-state index is -4.87. The van der Waals surface area contributed by atoms with Gasteiger partial charge in [0.25, 0.3) is 0 Å². The van der Waals surface area contributed by atoms with Crippen LogP contribution in [-0.4, -0.2) is 25.6 Å². The molecule has 1 aromatic heterocycles. The van der Waals surface area contributed by atoms with E-state index in [1.54, 1.807) is 0 Å². The second-order valence-electron chi connectivity index (χ2n) is 5.31. The molecule has 1 saturated heterocycles. The predicted molar refractivity (Wildman–Crippen MR) is 83.3 cm³/mol. The highest BCUT2D eigenvalue weighted by molar-refractivity contribution is 7.89. The van der Waals surface area contributed by atoms with Crippen LogP contribution in [0.2, 0.25) is 0 Å². The number of ether oxygens (including phenoxy) is 1. The van der Waals surface area contributed by atoms with Crippen molar-refractivity contribution in [3.05, 3.63) is 46.7 Å². The molecule has 9 heteroatoms. The average molecular weight is 377 g/mol. The summed E-state index contributed by atoms with van der Waals surface area (Å²) in [7, 11) is -3.90. The number of sulfonamides is 1. The van der Waals surface area contributed by atoms with E-state index in [1.165, 1.54) is 27.8 Å². The summed E-state index contributed by atoms with van der Waals surface area (Å²) in [5, 5.41) is 1.87. The first-order valence-corrected chi connectivity index (χ1v) is 9.50. The van der Waals surface area contributed by atoms with Crippen LogP contribution in [-0.2, 0) is 10.0 Å². The van der Waals surface area contributed by atoms with Gasteiger partial charge in [-0.05, 0) is 36.4 Å². The number of rotatable bonds is 4. The number of alkyl halides is 3. The van der Waals surface area contributed by atoms with Gasteiger partial charge in [-0.1, -0.05) is 12.1 Å². The zero-order valence-electron chi connectivity index (χ0n) is 12.4. The zero-order valence-corrected chi connectivity index (χ0v) is 14.0. The third kappa shape index (κ3) is 3.57. The average Bonchev–Trinajstić information content (AvgIpc) is 3.17. The van der Waals surface area contributed by atoms with Crippen molar-refractivity contribution < 1.29 is 26.3 Å². The summed E-state index contributed by atoms with van der Waals surface area (Å²) in [5.74, 6) is -0.546. The van der Waals surface area contributed by atoms with Crippen LogP contribution < -0.4 is 4.74 Å². The van der Waals surface area contributed by atoms with Gasteiger partial charge >= 0.3 is 6.36 Å². The number of hydrogen-bond acceptors (Lipinski definition) is 4. The van der Waals surface area contributed by atoms with Crippen molar-refractivity contribution in [1.29, 1.82) is 0 Å². The van der Waals surface area contributed by atoms with E-state index in [1.807, 2.05) is 17.5 Å². The summed E-state index contributed by atoms with van der Waals surface area (Å²) in [4.78, 5) is 0.728. The Morgan fingerprint density at radius 3 is 2.67 bits per heavy atom. The Morgan fingerprint density at radius 2 is 2.00 bits per heavy atom. The molecule has 0 spiro atoms. The molecular formula is C15H14F3NO3S2. The van der Waals surface area contributed by atoms with Crippen LogP contribution in [0.25, 0.3) is 0 Å². The molecule has 0 saturated carbocycles. The van der Waals surface area contributed by atoms with Crippen LogP contribution in [0.15, 0.2) is 46.7 Å². The monoisotopic (exact) mass is 377 g/mol. The van der Waals surface area contributed by atoms with E-state index in [2.05, 4.69) is 4.74 Å². The quantitative estimate of drug-likeness (QED) is 0.803. The van der Waals surface area contributed by atoms with E-state index in [9.17, 15) is 21.6 Å². The fourth-order valence-electron chi connectivity index (χ4n) is 2.76. The molecule has 4 nitrogen and oxygen atoms in total. The Balaban J connectivity index is 1.91. The molecule has 0 N–H and O–H groups in total. The van der Waals surface area contributed by atoms with Gasteiger partial charge in [-0.15, -0.1) is 24.5 Å². The Bertz CT molecular complexity index is 804. The molecule has 1 aliphatic rings. The molecule has 0 amide bonds. The standard InChI is InChI=1S/C15H14F3NO3S2/c16-15(17,18)22-11-4-1-5-12(10-11)24(20,21)19-8-2-6-13(19)14-7-3-9-23-14/h1,3-5,7,9-10,13H,2,6,8H2/t13-/m0/s1. The summed E-state index contributed by atoms with van der Waals surface area (Å²) < 4.78 is 67.9. The van der Waals surface area contributed by atoms with Crippen LogP contribution in [0, 0.1) is 0 Å². The molecule has 1 aliphatic heterocycles. The first-order valence-electron chi connectivity index (χ1n) is 7.18. The van der Waals surface area contributed by atoms with Crippen molar-refractivity contribution in [3.8, 4) is 5.75 Å². The number of hydrogen-bond donors (Lipinski definition) is 0. The maximum absolute atomic E-state index is 12.9. The molecule has 24 heavy (non-hydrogen) atoms. The van der Waals surface area contributed by atoms with Gasteiger partial charge in [-0.25, -0.2) is 8.42 Å². The Morgan fingerprint density at radius 1 is 1.21 bits per heavy atom. The second kappa shape index (κ2) is 6.38. The van der Waals surface area contributed by atoms with E-state index in [4.69, 9.17) is 0 Å². The van der Waals surface area contributed by atoms with Crippen LogP contribution >= 0.6 is 11.3 Å². The fourth-order valence-corrected chi connectivity index (χ4v) is 5.41. The van der Waals surface area contributed by atoms with Gasteiger partial charge in [0.15, 0.2) is 0 Å². The van der Waals surface area contributed by atoms with E-state index in [0.717, 1.165) is 17.0 Å². The number of halogens is 3. The molecule has 1 atom stereocenters. The van der Waals surface area contributed by atoms with Crippen molar-refractivity contribution in [2.45, 2.75) is 30.1 Å². The summed E-state index contributed by atoms with van der Waals surface area (Å²) in [6.07, 6.45) is -3.46. The van der Waals surface area contributed by atoms with Crippen LogP contribution in [0.1, 0.15) is 23.8 Å². The molecule has 130 valence electrons. The smallest absolute Gasteiger partial charge is 0.406 e. The van der Waals surface area contributed by atoms with Crippen molar-refractivity contribution in [3.63, 3.8) is 0 Å². The molecule has 2 heterocycles. The summed E-state index contributed by atoms with van der Waals surface area (Å²) in [6, 6.07) is 7.95. The normalized spacial score (nSPS) is 19.5. The molecule has 0 bridgehead atoms. The van der Waals surface area contributed by atoms with Gasteiger partial charge in [0, 0.05) is 17.5 Å². The van der Waals surface area contributed by atoms with E-state index in [0.29, 0.717) is 19.4 Å². The molecule has 0 aliphatic carbocycles. The van der Waals surface area contributed by atoms with Crippen molar-refractivity contribution >= 4 is 21.4 Å². The van der Waals surface area contributed by atoms with Crippen LogP contribution in [0.5, 0.6) is 5.75 Å². The SMILES string of the molecule is O=S(=O)(c1cccc(OC(F)(F)F)c1)N1CCC[C@H]1c1cccs1. The van der Waals surface area contributed by atoms with Gasteiger partial charge in [-0.3, -0.25) is 0 Å².